The maximum Gasteiger partial charge on any atom is 0.244 e. The molecule has 0 saturated carbocycles. The van der Waals surface area contributed by atoms with E-state index >= 15 is 0 Å². The predicted molar refractivity (Wildman–Crippen MR) is 81.3 cm³/mol. The fourth-order valence-electron chi connectivity index (χ4n) is 1.63. The topological polar surface area (TPSA) is 63.4 Å². The van der Waals surface area contributed by atoms with E-state index in [0.717, 1.165) is 6.07 Å². The fourth-order valence-corrected chi connectivity index (χ4v) is 3.74. The van der Waals surface area contributed by atoms with Crippen LogP contribution in [0.1, 0.15) is 20.3 Å². The van der Waals surface area contributed by atoms with Gasteiger partial charge in [-0.1, -0.05) is 13.8 Å². The average molecular weight is 367 g/mol. The van der Waals surface area contributed by atoms with Gasteiger partial charge in [0.05, 0.1) is 4.90 Å². The standard InChI is InChI=1S/C13H20BrFN2O2S/c1-9(2)12(16)6-7-17(3)20(18,19)13-8-10(15)4-5-11(13)14/h4-5,8-9,12H,6-7,16H2,1-3H3. The molecule has 0 saturated heterocycles. The SMILES string of the molecule is CC(C)C(N)CCN(C)S(=O)(=O)c1cc(F)ccc1Br. The molecular formula is C13H20BrFN2O2S. The minimum Gasteiger partial charge on any atom is -0.327 e. The van der Waals surface area contributed by atoms with E-state index in [1.54, 1.807) is 0 Å². The summed E-state index contributed by atoms with van der Waals surface area (Å²) >= 11 is 3.14. The van der Waals surface area contributed by atoms with Gasteiger partial charge in [0, 0.05) is 24.1 Å². The number of hydrogen-bond donors (Lipinski definition) is 1. The second kappa shape index (κ2) is 6.98. The Bertz CT molecular complexity index is 563. The van der Waals surface area contributed by atoms with Crippen LogP contribution in [0.25, 0.3) is 0 Å². The van der Waals surface area contributed by atoms with Crippen molar-refractivity contribution in [1.29, 1.82) is 0 Å². The molecule has 7 heteroatoms. The van der Waals surface area contributed by atoms with Crippen molar-refractivity contribution in [3.63, 3.8) is 0 Å². The van der Waals surface area contributed by atoms with Crippen molar-refractivity contribution in [2.24, 2.45) is 11.7 Å². The Balaban J connectivity index is 2.90. The zero-order chi connectivity index (χ0) is 15.5. The Morgan fingerprint density at radius 3 is 2.55 bits per heavy atom. The summed E-state index contributed by atoms with van der Waals surface area (Å²) in [5.74, 6) is -0.300. The van der Waals surface area contributed by atoms with Gasteiger partial charge in [-0.3, -0.25) is 0 Å². The second-order valence-corrected chi connectivity index (χ2v) is 7.97. The first-order chi connectivity index (χ1) is 9.16. The lowest BCUT2D eigenvalue weighted by Crippen LogP contribution is -2.34. The quantitative estimate of drug-likeness (QED) is 0.841. The Labute approximate surface area is 128 Å². The normalized spacial score (nSPS) is 14.0. The third kappa shape index (κ3) is 4.25. The summed E-state index contributed by atoms with van der Waals surface area (Å²) in [5.41, 5.74) is 5.91. The van der Waals surface area contributed by atoms with Gasteiger partial charge < -0.3 is 5.73 Å². The number of sulfonamides is 1. The molecule has 0 aromatic heterocycles. The highest BCUT2D eigenvalue weighted by molar-refractivity contribution is 9.10. The van der Waals surface area contributed by atoms with Crippen molar-refractivity contribution < 1.29 is 12.8 Å². The lowest BCUT2D eigenvalue weighted by molar-refractivity contribution is 0.397. The lowest BCUT2D eigenvalue weighted by atomic mass is 10.0. The number of benzene rings is 1. The first-order valence-electron chi connectivity index (χ1n) is 6.33. The summed E-state index contributed by atoms with van der Waals surface area (Å²) in [6.45, 7) is 4.27. The predicted octanol–water partition coefficient (Wildman–Crippen LogP) is 2.58. The summed E-state index contributed by atoms with van der Waals surface area (Å²) in [5, 5.41) is 0. The smallest absolute Gasteiger partial charge is 0.244 e. The van der Waals surface area contributed by atoms with Gasteiger partial charge in [0.25, 0.3) is 0 Å². The molecule has 0 aliphatic carbocycles. The average Bonchev–Trinajstić information content (AvgIpc) is 2.37. The highest BCUT2D eigenvalue weighted by Crippen LogP contribution is 2.25. The van der Waals surface area contributed by atoms with E-state index < -0.39 is 15.8 Å². The van der Waals surface area contributed by atoms with Crippen LogP contribution in [0, 0.1) is 11.7 Å². The zero-order valence-corrected chi connectivity index (χ0v) is 14.2. The van der Waals surface area contributed by atoms with Gasteiger partial charge in [0.1, 0.15) is 5.82 Å². The van der Waals surface area contributed by atoms with Crippen molar-refractivity contribution in [2.75, 3.05) is 13.6 Å². The van der Waals surface area contributed by atoms with Gasteiger partial charge in [-0.15, -0.1) is 0 Å². The number of rotatable bonds is 6. The minimum atomic E-state index is -3.72. The number of nitrogens with zero attached hydrogens (tertiary/aromatic N) is 1. The Morgan fingerprint density at radius 2 is 2.00 bits per heavy atom. The van der Waals surface area contributed by atoms with Crippen molar-refractivity contribution in [3.8, 4) is 0 Å². The largest absolute Gasteiger partial charge is 0.327 e. The van der Waals surface area contributed by atoms with Gasteiger partial charge in [-0.05, 0) is 46.5 Å². The molecule has 20 heavy (non-hydrogen) atoms. The summed E-state index contributed by atoms with van der Waals surface area (Å²) in [6.07, 6.45) is 0.556. The molecule has 0 aliphatic heterocycles. The van der Waals surface area contributed by atoms with Crippen LogP contribution in [0.4, 0.5) is 4.39 Å². The van der Waals surface area contributed by atoms with E-state index in [0.29, 0.717) is 17.4 Å². The van der Waals surface area contributed by atoms with E-state index in [4.69, 9.17) is 5.73 Å². The van der Waals surface area contributed by atoms with Crippen LogP contribution >= 0.6 is 15.9 Å². The highest BCUT2D eigenvalue weighted by atomic mass is 79.9. The number of hydrogen-bond acceptors (Lipinski definition) is 3. The molecule has 1 atom stereocenters. The molecule has 0 fully saturated rings. The molecule has 1 unspecified atom stereocenters. The van der Waals surface area contributed by atoms with Crippen molar-refractivity contribution in [2.45, 2.75) is 31.2 Å². The molecule has 1 aromatic carbocycles. The summed E-state index contributed by atoms with van der Waals surface area (Å²) in [7, 11) is -2.25. The van der Waals surface area contributed by atoms with Gasteiger partial charge in [0.15, 0.2) is 0 Å². The third-order valence-corrected chi connectivity index (χ3v) is 6.07. The Morgan fingerprint density at radius 1 is 1.40 bits per heavy atom. The van der Waals surface area contributed by atoms with Crippen LogP contribution in [-0.4, -0.2) is 32.4 Å². The molecule has 0 heterocycles. The first kappa shape index (κ1) is 17.6. The molecule has 0 aliphatic rings. The monoisotopic (exact) mass is 366 g/mol. The van der Waals surface area contributed by atoms with Gasteiger partial charge in [-0.2, -0.15) is 0 Å². The van der Waals surface area contributed by atoms with Gasteiger partial charge in [-0.25, -0.2) is 17.1 Å². The lowest BCUT2D eigenvalue weighted by Gasteiger charge is -2.21. The molecule has 114 valence electrons. The van der Waals surface area contributed by atoms with Crippen LogP contribution in [0.15, 0.2) is 27.6 Å². The Hall–Kier alpha value is -0.500. The van der Waals surface area contributed by atoms with E-state index in [-0.39, 0.29) is 16.9 Å². The molecule has 0 spiro atoms. The zero-order valence-electron chi connectivity index (χ0n) is 11.8. The van der Waals surface area contributed by atoms with Crippen molar-refractivity contribution in [1.82, 2.24) is 4.31 Å². The number of nitrogens with two attached hydrogens (primary N) is 1. The second-order valence-electron chi connectivity index (χ2n) is 5.10. The summed E-state index contributed by atoms with van der Waals surface area (Å²) in [6, 6.07) is 3.54. The van der Waals surface area contributed by atoms with Crippen LogP contribution in [0.5, 0.6) is 0 Å². The molecule has 0 amide bonds. The first-order valence-corrected chi connectivity index (χ1v) is 8.56. The third-order valence-electron chi connectivity index (χ3n) is 3.22. The summed E-state index contributed by atoms with van der Waals surface area (Å²) in [4.78, 5) is -0.0712. The van der Waals surface area contributed by atoms with Crippen LogP contribution in [0.3, 0.4) is 0 Å². The molecule has 0 bridgehead atoms. The minimum absolute atomic E-state index is 0.0661. The molecule has 1 aromatic rings. The van der Waals surface area contributed by atoms with Crippen LogP contribution in [0.2, 0.25) is 0 Å². The summed E-state index contributed by atoms with van der Waals surface area (Å²) < 4.78 is 39.5. The molecule has 4 nitrogen and oxygen atoms in total. The van der Waals surface area contributed by atoms with Crippen LogP contribution in [-0.2, 0) is 10.0 Å². The van der Waals surface area contributed by atoms with Crippen molar-refractivity contribution in [3.05, 3.63) is 28.5 Å². The molecule has 0 radical (unpaired) electrons. The fraction of sp³-hybridized carbons (Fsp3) is 0.538. The molecule has 1 rings (SSSR count). The van der Waals surface area contributed by atoms with Crippen LogP contribution < -0.4 is 5.73 Å². The van der Waals surface area contributed by atoms with Gasteiger partial charge in [0.2, 0.25) is 10.0 Å². The number of halogens is 2. The van der Waals surface area contributed by atoms with E-state index in [2.05, 4.69) is 15.9 Å². The maximum absolute atomic E-state index is 13.2. The van der Waals surface area contributed by atoms with E-state index in [1.807, 2.05) is 13.8 Å². The maximum atomic E-state index is 13.2. The molecular weight excluding hydrogens is 347 g/mol. The van der Waals surface area contributed by atoms with E-state index in [9.17, 15) is 12.8 Å². The highest BCUT2D eigenvalue weighted by Gasteiger charge is 2.24. The van der Waals surface area contributed by atoms with E-state index in [1.165, 1.54) is 23.5 Å². The Kier molecular flexibility index (Phi) is 6.12. The molecule has 2 N–H and O–H groups in total. The van der Waals surface area contributed by atoms with Crippen molar-refractivity contribution >= 4 is 26.0 Å². The van der Waals surface area contributed by atoms with Gasteiger partial charge >= 0.3 is 0 Å².